The second kappa shape index (κ2) is 5.54. The molecule has 6 heteroatoms. The second-order valence-electron chi connectivity index (χ2n) is 4.36. The molecule has 0 amide bonds. The van der Waals surface area contributed by atoms with Crippen LogP contribution in [0.5, 0.6) is 0 Å². The van der Waals surface area contributed by atoms with Gasteiger partial charge in [-0.3, -0.25) is 5.41 Å². The highest BCUT2D eigenvalue weighted by molar-refractivity contribution is 6.36. The van der Waals surface area contributed by atoms with Crippen molar-refractivity contribution in [2.24, 2.45) is 5.73 Å². The Morgan fingerprint density at radius 3 is 2.83 bits per heavy atom. The summed E-state index contributed by atoms with van der Waals surface area (Å²) in [7, 11) is 1.97. The molecule has 0 aliphatic carbocycles. The maximum atomic E-state index is 7.49. The van der Waals surface area contributed by atoms with Crippen molar-refractivity contribution in [3.63, 3.8) is 0 Å². The van der Waals surface area contributed by atoms with Crippen molar-refractivity contribution in [1.82, 2.24) is 4.98 Å². The molecule has 0 aromatic carbocycles. The summed E-state index contributed by atoms with van der Waals surface area (Å²) in [5.41, 5.74) is 6.02. The summed E-state index contributed by atoms with van der Waals surface area (Å²) >= 11 is 6.26. The number of nitrogen functional groups attached to an aromatic ring is 1. The largest absolute Gasteiger partial charge is 0.384 e. The van der Waals surface area contributed by atoms with Gasteiger partial charge < -0.3 is 15.4 Å². The molecule has 1 aliphatic rings. The lowest BCUT2D eigenvalue weighted by Gasteiger charge is -2.32. The van der Waals surface area contributed by atoms with E-state index in [1.54, 1.807) is 12.3 Å². The van der Waals surface area contributed by atoms with Crippen molar-refractivity contribution < 1.29 is 4.74 Å². The highest BCUT2D eigenvalue weighted by atomic mass is 35.5. The summed E-state index contributed by atoms with van der Waals surface area (Å²) in [4.78, 5) is 6.35. The third kappa shape index (κ3) is 2.57. The Hall–Kier alpha value is -1.33. The van der Waals surface area contributed by atoms with Crippen LogP contribution in [0.15, 0.2) is 12.3 Å². The van der Waals surface area contributed by atoms with E-state index < -0.39 is 0 Å². The number of ether oxygens (including phenoxy) is 1. The van der Waals surface area contributed by atoms with Gasteiger partial charge in [0.1, 0.15) is 11.7 Å². The number of anilines is 1. The number of amidine groups is 1. The second-order valence-corrected chi connectivity index (χ2v) is 4.74. The summed E-state index contributed by atoms with van der Waals surface area (Å²) < 4.78 is 5.34. The van der Waals surface area contributed by atoms with Gasteiger partial charge in [0.15, 0.2) is 0 Å². The van der Waals surface area contributed by atoms with Crippen LogP contribution < -0.4 is 10.6 Å². The van der Waals surface area contributed by atoms with Crippen LogP contribution in [0.4, 0.5) is 5.82 Å². The molecule has 1 fully saturated rings. The Morgan fingerprint density at radius 2 is 2.22 bits per heavy atom. The average Bonchev–Trinajstić information content (AvgIpc) is 2.39. The minimum absolute atomic E-state index is 0.0379. The maximum absolute atomic E-state index is 7.49. The van der Waals surface area contributed by atoms with Crippen molar-refractivity contribution >= 4 is 23.3 Å². The molecule has 0 radical (unpaired) electrons. The van der Waals surface area contributed by atoms with Crippen LogP contribution in [0.1, 0.15) is 18.4 Å². The molecule has 1 aliphatic heterocycles. The number of aromatic nitrogens is 1. The first-order chi connectivity index (χ1) is 8.61. The fourth-order valence-corrected chi connectivity index (χ4v) is 2.48. The zero-order valence-corrected chi connectivity index (χ0v) is 11.1. The van der Waals surface area contributed by atoms with Crippen LogP contribution in [-0.4, -0.2) is 37.1 Å². The van der Waals surface area contributed by atoms with Crippen LogP contribution in [-0.2, 0) is 4.74 Å². The summed E-state index contributed by atoms with van der Waals surface area (Å²) in [6.45, 7) is 1.53. The predicted molar refractivity (Wildman–Crippen MR) is 72.5 cm³/mol. The number of rotatable bonds is 3. The molecule has 1 aromatic heterocycles. The molecule has 0 spiro atoms. The molecule has 5 nitrogen and oxygen atoms in total. The van der Waals surface area contributed by atoms with Gasteiger partial charge in [0, 0.05) is 38.1 Å². The Morgan fingerprint density at radius 1 is 1.56 bits per heavy atom. The average molecular weight is 269 g/mol. The fourth-order valence-electron chi connectivity index (χ4n) is 2.13. The predicted octanol–water partition coefficient (Wildman–Crippen LogP) is 1.63. The summed E-state index contributed by atoms with van der Waals surface area (Å²) in [6.07, 6.45) is 3.55. The molecule has 0 atom stereocenters. The van der Waals surface area contributed by atoms with Crippen LogP contribution >= 0.6 is 11.6 Å². The number of halogens is 1. The topological polar surface area (TPSA) is 75.2 Å². The minimum Gasteiger partial charge on any atom is -0.384 e. The van der Waals surface area contributed by atoms with Gasteiger partial charge in [-0.2, -0.15) is 0 Å². The molecule has 1 saturated heterocycles. The van der Waals surface area contributed by atoms with Gasteiger partial charge >= 0.3 is 0 Å². The molecular formula is C12H17ClN4O. The van der Waals surface area contributed by atoms with Crippen LogP contribution in [0.25, 0.3) is 0 Å². The highest BCUT2D eigenvalue weighted by Gasteiger charge is 2.22. The SMILES string of the molecule is CN(c1nccc(C(=N)N)c1Cl)C1CCOCC1. The first-order valence-electron chi connectivity index (χ1n) is 5.90. The molecule has 0 unspecified atom stereocenters. The van der Waals surface area contributed by atoms with Crippen molar-refractivity contribution in [2.45, 2.75) is 18.9 Å². The van der Waals surface area contributed by atoms with E-state index in [2.05, 4.69) is 9.88 Å². The number of nitrogens with one attached hydrogen (secondary N) is 1. The fraction of sp³-hybridized carbons (Fsp3) is 0.500. The molecule has 0 saturated carbocycles. The van der Waals surface area contributed by atoms with E-state index in [1.807, 2.05) is 7.05 Å². The first-order valence-corrected chi connectivity index (χ1v) is 6.28. The molecular weight excluding hydrogens is 252 g/mol. The molecule has 18 heavy (non-hydrogen) atoms. The van der Waals surface area contributed by atoms with Crippen molar-refractivity contribution in [1.29, 1.82) is 5.41 Å². The molecule has 1 aromatic rings. The number of nitrogens with zero attached hydrogens (tertiary/aromatic N) is 2. The summed E-state index contributed by atoms with van der Waals surface area (Å²) in [5, 5.41) is 7.93. The molecule has 2 heterocycles. The number of hydrogen-bond donors (Lipinski definition) is 2. The van der Waals surface area contributed by atoms with Crippen LogP contribution in [0.2, 0.25) is 5.02 Å². The lowest BCUT2D eigenvalue weighted by molar-refractivity contribution is 0.0853. The quantitative estimate of drug-likeness (QED) is 0.645. The molecule has 3 N–H and O–H groups in total. The van der Waals surface area contributed by atoms with Crippen LogP contribution in [0, 0.1) is 5.41 Å². The first kappa shape index (κ1) is 13.1. The Labute approximate surface area is 111 Å². The third-order valence-electron chi connectivity index (χ3n) is 3.23. The minimum atomic E-state index is -0.0379. The summed E-state index contributed by atoms with van der Waals surface area (Å²) in [6, 6.07) is 2.03. The van der Waals surface area contributed by atoms with Crippen molar-refractivity contribution in [3.05, 3.63) is 22.8 Å². The van der Waals surface area contributed by atoms with Crippen molar-refractivity contribution in [3.8, 4) is 0 Å². The monoisotopic (exact) mass is 268 g/mol. The van der Waals surface area contributed by atoms with E-state index in [1.165, 1.54) is 0 Å². The smallest absolute Gasteiger partial charge is 0.148 e. The van der Waals surface area contributed by atoms with Crippen molar-refractivity contribution in [2.75, 3.05) is 25.2 Å². The number of hydrogen-bond acceptors (Lipinski definition) is 4. The Kier molecular flexibility index (Phi) is 4.04. The van der Waals surface area contributed by atoms with Crippen LogP contribution in [0.3, 0.4) is 0 Å². The van der Waals surface area contributed by atoms with E-state index >= 15 is 0 Å². The van der Waals surface area contributed by atoms with E-state index in [9.17, 15) is 0 Å². The normalized spacial score (nSPS) is 16.6. The van der Waals surface area contributed by atoms with Gasteiger partial charge in [0.2, 0.25) is 0 Å². The zero-order valence-electron chi connectivity index (χ0n) is 10.3. The Balaban J connectivity index is 2.26. The molecule has 0 bridgehead atoms. The van der Waals surface area contributed by atoms with Gasteiger partial charge in [0.25, 0.3) is 0 Å². The van der Waals surface area contributed by atoms with E-state index in [-0.39, 0.29) is 5.84 Å². The lowest BCUT2D eigenvalue weighted by Crippen LogP contribution is -2.37. The molecule has 98 valence electrons. The Bertz CT molecular complexity index is 446. The maximum Gasteiger partial charge on any atom is 0.148 e. The third-order valence-corrected chi connectivity index (χ3v) is 3.61. The summed E-state index contributed by atoms with van der Waals surface area (Å²) in [5.74, 6) is 0.639. The van der Waals surface area contributed by atoms with Gasteiger partial charge in [0.05, 0.1) is 5.02 Å². The zero-order chi connectivity index (χ0) is 13.1. The lowest BCUT2D eigenvalue weighted by atomic mass is 10.1. The van der Waals surface area contributed by atoms with E-state index in [4.69, 9.17) is 27.5 Å². The van der Waals surface area contributed by atoms with E-state index in [0.29, 0.717) is 22.4 Å². The number of pyridine rings is 1. The number of nitrogens with two attached hydrogens (primary N) is 1. The van der Waals surface area contributed by atoms with Gasteiger partial charge in [-0.15, -0.1) is 0 Å². The van der Waals surface area contributed by atoms with E-state index in [0.717, 1.165) is 26.1 Å². The standard InChI is InChI=1S/C12H17ClN4O/c1-17(8-3-6-18-7-4-8)12-10(13)9(11(14)15)2-5-16-12/h2,5,8H,3-4,6-7H2,1H3,(H3,14,15). The highest BCUT2D eigenvalue weighted by Crippen LogP contribution is 2.29. The van der Waals surface area contributed by atoms with Gasteiger partial charge in [-0.25, -0.2) is 4.98 Å². The van der Waals surface area contributed by atoms with Gasteiger partial charge in [-0.1, -0.05) is 11.6 Å². The molecule has 2 rings (SSSR count). The van der Waals surface area contributed by atoms with Gasteiger partial charge in [-0.05, 0) is 18.9 Å².